The zero-order valence-corrected chi connectivity index (χ0v) is 12.8. The lowest BCUT2D eigenvalue weighted by atomic mass is 10.0. The van der Waals surface area contributed by atoms with E-state index in [1.54, 1.807) is 30.3 Å². The molecule has 0 saturated heterocycles. The molecule has 0 aliphatic carbocycles. The molecular formula is C16H12Cl2O3. The van der Waals surface area contributed by atoms with E-state index in [2.05, 4.69) is 0 Å². The van der Waals surface area contributed by atoms with Crippen LogP contribution in [0, 0.1) is 6.92 Å². The van der Waals surface area contributed by atoms with Crippen LogP contribution in [-0.2, 0) is 0 Å². The summed E-state index contributed by atoms with van der Waals surface area (Å²) in [6.45, 7) is 2.82. The van der Waals surface area contributed by atoms with Crippen LogP contribution >= 0.6 is 23.2 Å². The molecule has 0 spiro atoms. The van der Waals surface area contributed by atoms with E-state index < -0.39 is 0 Å². The van der Waals surface area contributed by atoms with Crippen molar-refractivity contribution in [2.45, 2.75) is 6.92 Å². The molecular weight excluding hydrogens is 311 g/mol. The number of hydrogen-bond donors (Lipinski definition) is 0. The molecule has 0 fully saturated rings. The van der Waals surface area contributed by atoms with Crippen LogP contribution in [0.25, 0.3) is 0 Å². The highest BCUT2D eigenvalue weighted by Gasteiger charge is 2.20. The molecule has 0 atom stereocenters. The van der Waals surface area contributed by atoms with E-state index in [9.17, 15) is 4.79 Å². The first-order valence-corrected chi connectivity index (χ1v) is 7.21. The lowest BCUT2D eigenvalue weighted by Crippen LogP contribution is -2.16. The van der Waals surface area contributed by atoms with E-state index in [-0.39, 0.29) is 5.78 Å². The topological polar surface area (TPSA) is 35.5 Å². The van der Waals surface area contributed by atoms with E-state index >= 15 is 0 Å². The van der Waals surface area contributed by atoms with Crippen LogP contribution in [-0.4, -0.2) is 19.0 Å². The second kappa shape index (κ2) is 5.58. The first kappa shape index (κ1) is 14.2. The molecule has 21 heavy (non-hydrogen) atoms. The van der Waals surface area contributed by atoms with E-state index in [1.165, 1.54) is 0 Å². The number of benzene rings is 2. The molecule has 0 unspecified atom stereocenters. The number of carbonyl (C=O) groups excluding carboxylic acids is 1. The normalized spacial score (nSPS) is 13.1. The minimum Gasteiger partial charge on any atom is -0.486 e. The summed E-state index contributed by atoms with van der Waals surface area (Å²) in [5.74, 6) is 0.903. The third-order valence-electron chi connectivity index (χ3n) is 3.18. The average Bonchev–Trinajstić information content (AvgIpc) is 2.44. The Bertz CT molecular complexity index is 705. The smallest absolute Gasteiger partial charge is 0.194 e. The molecule has 2 aromatic carbocycles. The van der Waals surface area contributed by atoms with Crippen LogP contribution in [0.2, 0.25) is 10.0 Å². The first-order valence-electron chi connectivity index (χ1n) is 6.45. The molecule has 1 aliphatic heterocycles. The zero-order chi connectivity index (χ0) is 15.0. The second-order valence-electron chi connectivity index (χ2n) is 4.82. The molecule has 0 radical (unpaired) electrons. The van der Waals surface area contributed by atoms with Crippen LogP contribution in [0.15, 0.2) is 30.3 Å². The van der Waals surface area contributed by atoms with Gasteiger partial charge in [0.25, 0.3) is 0 Å². The van der Waals surface area contributed by atoms with Gasteiger partial charge in [0, 0.05) is 22.2 Å². The third-order valence-corrected chi connectivity index (χ3v) is 3.71. The van der Waals surface area contributed by atoms with E-state index in [1.807, 2.05) is 6.92 Å². The Morgan fingerprint density at radius 3 is 2.33 bits per heavy atom. The number of fused-ring (bicyclic) bond motifs is 1. The standard InChI is InChI=1S/C16H12Cl2O3/c1-9-4-10(6-11(17)5-9)16(19)12-7-14-15(8-13(12)18)21-3-2-20-14/h4-8H,2-3H2,1H3. The summed E-state index contributed by atoms with van der Waals surface area (Å²) in [6.07, 6.45) is 0. The quantitative estimate of drug-likeness (QED) is 0.773. The predicted octanol–water partition coefficient (Wildman–Crippen LogP) is 4.30. The zero-order valence-electron chi connectivity index (χ0n) is 11.3. The highest BCUT2D eigenvalue weighted by Crippen LogP contribution is 2.36. The van der Waals surface area contributed by atoms with Gasteiger partial charge in [-0.15, -0.1) is 0 Å². The van der Waals surface area contributed by atoms with Crippen LogP contribution in [0.5, 0.6) is 11.5 Å². The maximum absolute atomic E-state index is 12.6. The molecule has 2 aromatic rings. The lowest BCUT2D eigenvalue weighted by Gasteiger charge is -2.19. The maximum atomic E-state index is 12.6. The number of hydrogen-bond acceptors (Lipinski definition) is 3. The van der Waals surface area contributed by atoms with E-state index in [0.717, 1.165) is 5.56 Å². The van der Waals surface area contributed by atoms with Crippen molar-refractivity contribution in [1.82, 2.24) is 0 Å². The molecule has 1 aliphatic rings. The predicted molar refractivity (Wildman–Crippen MR) is 82.1 cm³/mol. The highest BCUT2D eigenvalue weighted by molar-refractivity contribution is 6.35. The Hall–Kier alpha value is -1.71. The van der Waals surface area contributed by atoms with Crippen molar-refractivity contribution in [2.24, 2.45) is 0 Å². The van der Waals surface area contributed by atoms with Gasteiger partial charge < -0.3 is 9.47 Å². The summed E-state index contributed by atoms with van der Waals surface area (Å²) >= 11 is 12.2. The summed E-state index contributed by atoms with van der Waals surface area (Å²) in [7, 11) is 0. The van der Waals surface area contributed by atoms with Crippen LogP contribution in [0.4, 0.5) is 0 Å². The van der Waals surface area contributed by atoms with Crippen molar-refractivity contribution < 1.29 is 14.3 Å². The third kappa shape index (κ3) is 2.85. The van der Waals surface area contributed by atoms with Gasteiger partial charge in [-0.1, -0.05) is 23.2 Å². The number of ether oxygens (including phenoxy) is 2. The molecule has 1 heterocycles. The van der Waals surface area contributed by atoms with Crippen molar-refractivity contribution in [3.8, 4) is 11.5 Å². The molecule has 108 valence electrons. The van der Waals surface area contributed by atoms with E-state index in [0.29, 0.717) is 45.9 Å². The van der Waals surface area contributed by atoms with E-state index in [4.69, 9.17) is 32.7 Å². The molecule has 5 heteroatoms. The van der Waals surface area contributed by atoms with Gasteiger partial charge in [-0.25, -0.2) is 0 Å². The molecule has 0 amide bonds. The Balaban J connectivity index is 2.05. The summed E-state index contributed by atoms with van der Waals surface area (Å²) < 4.78 is 10.9. The Morgan fingerprint density at radius 1 is 1.00 bits per heavy atom. The van der Waals surface area contributed by atoms with Gasteiger partial charge in [0.15, 0.2) is 17.3 Å². The Morgan fingerprint density at radius 2 is 1.67 bits per heavy atom. The van der Waals surface area contributed by atoms with Gasteiger partial charge in [0.2, 0.25) is 0 Å². The SMILES string of the molecule is Cc1cc(Cl)cc(C(=O)c2cc3c(cc2Cl)OCCO3)c1. The Labute approximate surface area is 132 Å². The summed E-state index contributed by atoms with van der Waals surface area (Å²) in [5.41, 5.74) is 1.79. The number of aryl methyl sites for hydroxylation is 1. The number of ketones is 1. The number of carbonyl (C=O) groups is 1. The van der Waals surface area contributed by atoms with Crippen molar-refractivity contribution in [3.05, 3.63) is 57.1 Å². The molecule has 0 N–H and O–H groups in total. The van der Waals surface area contributed by atoms with Gasteiger partial charge in [-0.3, -0.25) is 4.79 Å². The number of halogens is 2. The molecule has 0 bridgehead atoms. The van der Waals surface area contributed by atoms with Crippen molar-refractivity contribution in [2.75, 3.05) is 13.2 Å². The van der Waals surface area contributed by atoms with Crippen molar-refractivity contribution >= 4 is 29.0 Å². The highest BCUT2D eigenvalue weighted by atomic mass is 35.5. The average molecular weight is 323 g/mol. The molecule has 0 aromatic heterocycles. The fourth-order valence-electron chi connectivity index (χ4n) is 2.26. The monoisotopic (exact) mass is 322 g/mol. The van der Waals surface area contributed by atoms with Gasteiger partial charge >= 0.3 is 0 Å². The van der Waals surface area contributed by atoms with Gasteiger partial charge in [0.1, 0.15) is 13.2 Å². The van der Waals surface area contributed by atoms with Crippen molar-refractivity contribution in [1.29, 1.82) is 0 Å². The van der Waals surface area contributed by atoms with Crippen molar-refractivity contribution in [3.63, 3.8) is 0 Å². The second-order valence-corrected chi connectivity index (χ2v) is 5.67. The molecule has 0 saturated carbocycles. The Kier molecular flexibility index (Phi) is 3.79. The fourth-order valence-corrected chi connectivity index (χ4v) is 2.79. The summed E-state index contributed by atoms with van der Waals surface area (Å²) in [4.78, 5) is 12.6. The van der Waals surface area contributed by atoms with Gasteiger partial charge in [-0.05, 0) is 36.8 Å². The largest absolute Gasteiger partial charge is 0.486 e. The maximum Gasteiger partial charge on any atom is 0.194 e. The molecule has 3 nitrogen and oxygen atoms in total. The minimum absolute atomic E-state index is 0.192. The minimum atomic E-state index is -0.192. The van der Waals surface area contributed by atoms with Crippen LogP contribution in [0.3, 0.4) is 0 Å². The van der Waals surface area contributed by atoms with Crippen LogP contribution in [0.1, 0.15) is 21.5 Å². The lowest BCUT2D eigenvalue weighted by molar-refractivity contribution is 0.103. The number of rotatable bonds is 2. The molecule has 3 rings (SSSR count). The fraction of sp³-hybridized carbons (Fsp3) is 0.188. The first-order chi connectivity index (χ1) is 10.0. The van der Waals surface area contributed by atoms with Gasteiger partial charge in [0.05, 0.1) is 5.02 Å². The summed E-state index contributed by atoms with van der Waals surface area (Å²) in [6, 6.07) is 8.44. The summed E-state index contributed by atoms with van der Waals surface area (Å²) in [5, 5.41) is 0.855. The van der Waals surface area contributed by atoms with Crippen LogP contribution < -0.4 is 9.47 Å². The van der Waals surface area contributed by atoms with Gasteiger partial charge in [-0.2, -0.15) is 0 Å².